The molecule has 0 aliphatic carbocycles. The molecule has 18 heavy (non-hydrogen) atoms. The van der Waals surface area contributed by atoms with Gasteiger partial charge in [-0.3, -0.25) is 4.79 Å². The summed E-state index contributed by atoms with van der Waals surface area (Å²) < 4.78 is 1.06. The summed E-state index contributed by atoms with van der Waals surface area (Å²) in [6.07, 6.45) is 3.28. The molecule has 1 heterocycles. The van der Waals surface area contributed by atoms with Crippen molar-refractivity contribution in [2.45, 2.75) is 31.8 Å². The smallest absolute Gasteiger partial charge is 0.239 e. The Morgan fingerprint density at radius 1 is 1.44 bits per heavy atom. The number of piperidine rings is 1. The van der Waals surface area contributed by atoms with Gasteiger partial charge in [0.25, 0.3) is 0 Å². The first kappa shape index (κ1) is 13.6. The number of hydrogen-bond donors (Lipinski definition) is 1. The zero-order valence-electron chi connectivity index (χ0n) is 10.7. The lowest BCUT2D eigenvalue weighted by Crippen LogP contribution is -2.47. The minimum Gasteiger partial charge on any atom is -0.340 e. The number of carbonyl (C=O) groups excluding carboxylic acids is 1. The highest BCUT2D eigenvalue weighted by molar-refractivity contribution is 9.10. The summed E-state index contributed by atoms with van der Waals surface area (Å²) in [4.78, 5) is 14.1. The maximum absolute atomic E-state index is 12.3. The number of rotatable bonds is 3. The third-order valence-electron chi connectivity index (χ3n) is 3.35. The molecule has 1 aromatic carbocycles. The van der Waals surface area contributed by atoms with Crippen molar-refractivity contribution in [3.05, 3.63) is 34.3 Å². The van der Waals surface area contributed by atoms with Gasteiger partial charge in [0, 0.05) is 18.1 Å². The molecule has 1 N–H and O–H groups in total. The van der Waals surface area contributed by atoms with Crippen LogP contribution in [0.25, 0.3) is 0 Å². The highest BCUT2D eigenvalue weighted by atomic mass is 79.9. The Bertz CT molecular complexity index is 416. The number of hydrogen-bond acceptors (Lipinski definition) is 2. The van der Waals surface area contributed by atoms with E-state index in [4.69, 9.17) is 0 Å². The molecular formula is C14H19BrN2O. The molecule has 2 rings (SSSR count). The number of nitrogens with one attached hydrogen (secondary N) is 1. The minimum atomic E-state index is 0.00578. The average Bonchev–Trinajstić information content (AvgIpc) is 2.41. The highest BCUT2D eigenvalue weighted by Gasteiger charge is 2.23. The van der Waals surface area contributed by atoms with Crippen LogP contribution in [0.3, 0.4) is 0 Å². The lowest BCUT2D eigenvalue weighted by atomic mass is 10.0. The van der Waals surface area contributed by atoms with Gasteiger partial charge in [0.15, 0.2) is 0 Å². The number of carbonyl (C=O) groups is 1. The Morgan fingerprint density at radius 2 is 2.22 bits per heavy atom. The number of benzene rings is 1. The van der Waals surface area contributed by atoms with Gasteiger partial charge in [-0.2, -0.15) is 0 Å². The van der Waals surface area contributed by atoms with Crippen LogP contribution in [0.1, 0.15) is 24.8 Å². The van der Waals surface area contributed by atoms with Crippen molar-refractivity contribution >= 4 is 21.8 Å². The van der Waals surface area contributed by atoms with Crippen LogP contribution in [0.2, 0.25) is 0 Å². The second kappa shape index (κ2) is 6.34. The second-order valence-corrected chi connectivity index (χ2v) is 5.64. The summed E-state index contributed by atoms with van der Waals surface area (Å²) in [5.41, 5.74) is 1.14. The van der Waals surface area contributed by atoms with Crippen LogP contribution in [0, 0.1) is 0 Å². The van der Waals surface area contributed by atoms with E-state index in [0.717, 1.165) is 29.4 Å². The lowest BCUT2D eigenvalue weighted by molar-refractivity contribution is -0.133. The average molecular weight is 311 g/mol. The lowest BCUT2D eigenvalue weighted by Gasteiger charge is -2.27. The van der Waals surface area contributed by atoms with Crippen LogP contribution in [0.15, 0.2) is 28.7 Å². The molecule has 0 bridgehead atoms. The van der Waals surface area contributed by atoms with Crippen LogP contribution in [-0.4, -0.2) is 30.4 Å². The molecule has 0 spiro atoms. The van der Waals surface area contributed by atoms with Crippen LogP contribution in [-0.2, 0) is 11.3 Å². The van der Waals surface area contributed by atoms with Gasteiger partial charge in [0.1, 0.15) is 0 Å². The zero-order valence-corrected chi connectivity index (χ0v) is 12.2. The predicted molar refractivity (Wildman–Crippen MR) is 76.3 cm³/mol. The third-order valence-corrected chi connectivity index (χ3v) is 4.12. The quantitative estimate of drug-likeness (QED) is 0.930. The van der Waals surface area contributed by atoms with Gasteiger partial charge in [-0.25, -0.2) is 0 Å². The number of likely N-dealkylation sites (N-methyl/N-ethyl adjacent to an activating group) is 1. The fourth-order valence-electron chi connectivity index (χ4n) is 2.29. The van der Waals surface area contributed by atoms with Crippen LogP contribution >= 0.6 is 15.9 Å². The van der Waals surface area contributed by atoms with Crippen LogP contribution in [0.4, 0.5) is 0 Å². The van der Waals surface area contributed by atoms with Crippen molar-refractivity contribution in [1.82, 2.24) is 10.2 Å². The fourth-order valence-corrected chi connectivity index (χ4v) is 2.70. The summed E-state index contributed by atoms with van der Waals surface area (Å²) in [6.45, 7) is 1.61. The molecule has 1 fully saturated rings. The van der Waals surface area contributed by atoms with Crippen molar-refractivity contribution in [1.29, 1.82) is 0 Å². The van der Waals surface area contributed by atoms with E-state index in [1.807, 2.05) is 36.2 Å². The third kappa shape index (κ3) is 3.33. The van der Waals surface area contributed by atoms with Gasteiger partial charge >= 0.3 is 0 Å². The van der Waals surface area contributed by atoms with E-state index >= 15 is 0 Å². The first-order valence-corrected chi connectivity index (χ1v) is 7.19. The van der Waals surface area contributed by atoms with E-state index in [1.165, 1.54) is 6.42 Å². The van der Waals surface area contributed by atoms with Crippen LogP contribution < -0.4 is 5.32 Å². The maximum atomic E-state index is 12.3. The first-order chi connectivity index (χ1) is 8.68. The molecule has 0 radical (unpaired) electrons. The van der Waals surface area contributed by atoms with Crippen molar-refractivity contribution in [3.63, 3.8) is 0 Å². The van der Waals surface area contributed by atoms with E-state index in [2.05, 4.69) is 21.2 Å². The molecule has 1 saturated heterocycles. The standard InChI is InChI=1S/C14H19BrN2O/c1-17(10-11-6-2-3-7-12(11)15)14(18)13-8-4-5-9-16-13/h2-3,6-7,13,16H,4-5,8-10H2,1H3/t13-/m0/s1. The van der Waals surface area contributed by atoms with Crippen LogP contribution in [0.5, 0.6) is 0 Å². The summed E-state index contributed by atoms with van der Waals surface area (Å²) >= 11 is 3.52. The number of nitrogens with zero attached hydrogens (tertiary/aromatic N) is 1. The van der Waals surface area contributed by atoms with E-state index in [9.17, 15) is 4.79 Å². The Labute approximate surface area is 117 Å². The molecule has 4 heteroatoms. The molecule has 0 unspecified atom stereocenters. The molecule has 1 aromatic rings. The van der Waals surface area contributed by atoms with E-state index in [-0.39, 0.29) is 11.9 Å². The summed E-state index contributed by atoms with van der Waals surface area (Å²) in [6, 6.07) is 8.04. The normalized spacial score (nSPS) is 19.6. The van der Waals surface area contributed by atoms with Gasteiger partial charge in [-0.1, -0.05) is 40.5 Å². The van der Waals surface area contributed by atoms with Gasteiger partial charge in [-0.05, 0) is 31.0 Å². The van der Waals surface area contributed by atoms with E-state index < -0.39 is 0 Å². The molecule has 0 saturated carbocycles. The topological polar surface area (TPSA) is 32.3 Å². The van der Waals surface area contributed by atoms with Gasteiger partial charge < -0.3 is 10.2 Å². The van der Waals surface area contributed by atoms with Crippen molar-refractivity contribution in [3.8, 4) is 0 Å². The molecule has 3 nitrogen and oxygen atoms in total. The van der Waals surface area contributed by atoms with E-state index in [0.29, 0.717) is 6.54 Å². The minimum absolute atomic E-state index is 0.00578. The Balaban J connectivity index is 1.96. The van der Waals surface area contributed by atoms with Crippen molar-refractivity contribution < 1.29 is 4.79 Å². The Kier molecular flexibility index (Phi) is 4.78. The molecule has 1 amide bonds. The molecule has 1 aliphatic heterocycles. The maximum Gasteiger partial charge on any atom is 0.239 e. The second-order valence-electron chi connectivity index (χ2n) is 4.79. The first-order valence-electron chi connectivity index (χ1n) is 6.40. The fraction of sp³-hybridized carbons (Fsp3) is 0.500. The monoisotopic (exact) mass is 310 g/mol. The summed E-state index contributed by atoms with van der Waals surface area (Å²) in [7, 11) is 1.87. The predicted octanol–water partition coefficient (Wildman–Crippen LogP) is 2.55. The zero-order chi connectivity index (χ0) is 13.0. The molecule has 0 aromatic heterocycles. The van der Waals surface area contributed by atoms with Gasteiger partial charge in [-0.15, -0.1) is 0 Å². The highest BCUT2D eigenvalue weighted by Crippen LogP contribution is 2.18. The Morgan fingerprint density at radius 3 is 2.89 bits per heavy atom. The largest absolute Gasteiger partial charge is 0.340 e. The van der Waals surface area contributed by atoms with Gasteiger partial charge in [0.2, 0.25) is 5.91 Å². The SMILES string of the molecule is CN(Cc1ccccc1Br)C(=O)[C@@H]1CCCCN1. The Hall–Kier alpha value is -0.870. The number of halogens is 1. The molecule has 98 valence electrons. The van der Waals surface area contributed by atoms with Crippen molar-refractivity contribution in [2.75, 3.05) is 13.6 Å². The number of amides is 1. The molecular weight excluding hydrogens is 292 g/mol. The summed E-state index contributed by atoms with van der Waals surface area (Å²) in [5.74, 6) is 0.199. The van der Waals surface area contributed by atoms with Gasteiger partial charge in [0.05, 0.1) is 6.04 Å². The summed E-state index contributed by atoms with van der Waals surface area (Å²) in [5, 5.41) is 3.30. The van der Waals surface area contributed by atoms with Crippen molar-refractivity contribution in [2.24, 2.45) is 0 Å². The molecule has 1 atom stereocenters. The molecule has 1 aliphatic rings. The van der Waals surface area contributed by atoms with E-state index in [1.54, 1.807) is 0 Å².